The summed E-state index contributed by atoms with van der Waals surface area (Å²) in [6, 6.07) is 6.61. The lowest BCUT2D eigenvalue weighted by atomic mass is 9.96. The Bertz CT molecular complexity index is 540. The molecule has 1 saturated heterocycles. The van der Waals surface area contributed by atoms with E-state index in [0.29, 0.717) is 24.8 Å². The van der Waals surface area contributed by atoms with Gasteiger partial charge < -0.3 is 10.1 Å². The first-order valence-electron chi connectivity index (χ1n) is 7.55. The van der Waals surface area contributed by atoms with Gasteiger partial charge in [0.1, 0.15) is 5.75 Å². The Hall–Kier alpha value is -1.11. The van der Waals surface area contributed by atoms with Crippen LogP contribution in [0.4, 0.5) is 0 Å². The van der Waals surface area contributed by atoms with E-state index in [1.54, 1.807) is 24.3 Å². The molecule has 118 valence electrons. The number of rotatable bonds is 7. The Balaban J connectivity index is 1.90. The van der Waals surface area contributed by atoms with Gasteiger partial charge in [0.15, 0.2) is 0 Å². The third-order valence-corrected chi connectivity index (χ3v) is 5.13. The van der Waals surface area contributed by atoms with Gasteiger partial charge in [-0.25, -0.2) is 13.1 Å². The Morgan fingerprint density at radius 3 is 3.00 bits per heavy atom. The second-order valence-electron chi connectivity index (χ2n) is 5.31. The molecule has 0 radical (unpaired) electrons. The van der Waals surface area contributed by atoms with Crippen LogP contribution in [0.5, 0.6) is 5.75 Å². The molecule has 1 unspecified atom stereocenters. The van der Waals surface area contributed by atoms with E-state index < -0.39 is 10.0 Å². The van der Waals surface area contributed by atoms with Gasteiger partial charge in [0.05, 0.1) is 11.5 Å². The van der Waals surface area contributed by atoms with E-state index >= 15 is 0 Å². The maximum absolute atomic E-state index is 12.2. The minimum absolute atomic E-state index is 0.259. The second kappa shape index (κ2) is 7.77. The molecule has 1 aromatic carbocycles. The largest absolute Gasteiger partial charge is 0.494 e. The fraction of sp³-hybridized carbons (Fsp3) is 0.600. The number of ether oxygens (including phenoxy) is 1. The quantitative estimate of drug-likeness (QED) is 0.805. The molecule has 21 heavy (non-hydrogen) atoms. The zero-order valence-electron chi connectivity index (χ0n) is 12.5. The molecule has 1 fully saturated rings. The van der Waals surface area contributed by atoms with Gasteiger partial charge in [0.2, 0.25) is 10.0 Å². The normalized spacial score (nSPS) is 19.4. The van der Waals surface area contributed by atoms with E-state index in [-0.39, 0.29) is 4.90 Å². The summed E-state index contributed by atoms with van der Waals surface area (Å²) in [6.45, 7) is 4.94. The molecule has 1 heterocycles. The molecule has 0 bridgehead atoms. The molecule has 0 aliphatic carbocycles. The molecule has 1 aromatic rings. The number of hydrogen-bond donors (Lipinski definition) is 2. The Morgan fingerprint density at radius 1 is 1.43 bits per heavy atom. The molecule has 2 rings (SSSR count). The van der Waals surface area contributed by atoms with Gasteiger partial charge in [0.25, 0.3) is 0 Å². The number of benzene rings is 1. The molecule has 2 N–H and O–H groups in total. The zero-order valence-corrected chi connectivity index (χ0v) is 13.3. The standard InChI is InChI=1S/C15H24N2O3S/c1-2-20-14-6-3-7-15(11-14)21(18,19)17-10-8-13-5-4-9-16-12-13/h3,6-7,11,13,16-17H,2,4-5,8-10,12H2,1H3. The summed E-state index contributed by atoms with van der Waals surface area (Å²) >= 11 is 0. The number of piperidine rings is 1. The highest BCUT2D eigenvalue weighted by molar-refractivity contribution is 7.89. The van der Waals surface area contributed by atoms with Crippen LogP contribution < -0.4 is 14.8 Å². The van der Waals surface area contributed by atoms with Crippen LogP contribution in [-0.2, 0) is 10.0 Å². The van der Waals surface area contributed by atoms with Crippen molar-refractivity contribution < 1.29 is 13.2 Å². The van der Waals surface area contributed by atoms with Crippen LogP contribution in [0.3, 0.4) is 0 Å². The summed E-state index contributed by atoms with van der Waals surface area (Å²) in [5.41, 5.74) is 0. The Labute approximate surface area is 127 Å². The average Bonchev–Trinajstić information content (AvgIpc) is 2.49. The molecule has 6 heteroatoms. The molecule has 0 aromatic heterocycles. The van der Waals surface area contributed by atoms with Crippen LogP contribution in [-0.4, -0.2) is 34.7 Å². The van der Waals surface area contributed by atoms with Gasteiger partial charge in [-0.3, -0.25) is 0 Å². The molecule has 0 spiro atoms. The van der Waals surface area contributed by atoms with E-state index in [1.807, 2.05) is 6.92 Å². The molecule has 1 aliphatic rings. The topological polar surface area (TPSA) is 67.4 Å². The van der Waals surface area contributed by atoms with Gasteiger partial charge in [-0.1, -0.05) is 6.07 Å². The fourth-order valence-electron chi connectivity index (χ4n) is 2.55. The Kier molecular flexibility index (Phi) is 6.02. The van der Waals surface area contributed by atoms with Crippen LogP contribution in [0.15, 0.2) is 29.2 Å². The van der Waals surface area contributed by atoms with E-state index in [2.05, 4.69) is 10.0 Å². The van der Waals surface area contributed by atoms with Crippen molar-refractivity contribution in [3.05, 3.63) is 24.3 Å². The Morgan fingerprint density at radius 2 is 2.29 bits per heavy atom. The first kappa shape index (κ1) is 16.3. The van der Waals surface area contributed by atoms with E-state index in [9.17, 15) is 8.42 Å². The van der Waals surface area contributed by atoms with Crippen molar-refractivity contribution in [2.45, 2.75) is 31.1 Å². The number of sulfonamides is 1. The van der Waals surface area contributed by atoms with Crippen LogP contribution in [0.1, 0.15) is 26.2 Å². The molecular weight excluding hydrogens is 288 g/mol. The van der Waals surface area contributed by atoms with Gasteiger partial charge in [-0.05, 0) is 57.3 Å². The van der Waals surface area contributed by atoms with Gasteiger partial charge in [-0.15, -0.1) is 0 Å². The molecule has 0 saturated carbocycles. The molecular formula is C15H24N2O3S. The van der Waals surface area contributed by atoms with Crippen molar-refractivity contribution in [3.63, 3.8) is 0 Å². The van der Waals surface area contributed by atoms with Crippen LogP contribution in [0.2, 0.25) is 0 Å². The summed E-state index contributed by atoms with van der Waals surface area (Å²) in [5.74, 6) is 1.15. The maximum Gasteiger partial charge on any atom is 0.240 e. The third-order valence-electron chi connectivity index (χ3n) is 3.67. The van der Waals surface area contributed by atoms with Gasteiger partial charge in [-0.2, -0.15) is 0 Å². The van der Waals surface area contributed by atoms with E-state index in [1.165, 1.54) is 12.8 Å². The molecule has 1 aliphatic heterocycles. The lowest BCUT2D eigenvalue weighted by molar-refractivity contribution is 0.339. The fourth-order valence-corrected chi connectivity index (χ4v) is 3.63. The summed E-state index contributed by atoms with van der Waals surface area (Å²) in [6.07, 6.45) is 3.22. The van der Waals surface area contributed by atoms with Crippen LogP contribution in [0.25, 0.3) is 0 Å². The smallest absolute Gasteiger partial charge is 0.240 e. The van der Waals surface area contributed by atoms with Crippen molar-refractivity contribution in [2.75, 3.05) is 26.2 Å². The predicted molar refractivity (Wildman–Crippen MR) is 83.0 cm³/mol. The highest BCUT2D eigenvalue weighted by Crippen LogP contribution is 2.18. The second-order valence-corrected chi connectivity index (χ2v) is 7.07. The van der Waals surface area contributed by atoms with Gasteiger partial charge >= 0.3 is 0 Å². The van der Waals surface area contributed by atoms with Crippen LogP contribution in [0, 0.1) is 5.92 Å². The van der Waals surface area contributed by atoms with Crippen molar-refractivity contribution in [1.29, 1.82) is 0 Å². The minimum Gasteiger partial charge on any atom is -0.494 e. The van der Waals surface area contributed by atoms with Crippen molar-refractivity contribution >= 4 is 10.0 Å². The number of nitrogens with one attached hydrogen (secondary N) is 2. The van der Waals surface area contributed by atoms with Crippen molar-refractivity contribution in [2.24, 2.45) is 5.92 Å². The van der Waals surface area contributed by atoms with E-state index in [0.717, 1.165) is 19.5 Å². The summed E-state index contributed by atoms with van der Waals surface area (Å²) in [5, 5.41) is 3.34. The van der Waals surface area contributed by atoms with Crippen molar-refractivity contribution in [1.82, 2.24) is 10.0 Å². The SMILES string of the molecule is CCOc1cccc(S(=O)(=O)NCCC2CCCNC2)c1. The van der Waals surface area contributed by atoms with Crippen molar-refractivity contribution in [3.8, 4) is 5.75 Å². The summed E-state index contributed by atoms with van der Waals surface area (Å²) < 4.78 is 32.5. The molecule has 5 nitrogen and oxygen atoms in total. The van der Waals surface area contributed by atoms with Gasteiger partial charge in [0, 0.05) is 12.6 Å². The van der Waals surface area contributed by atoms with E-state index in [4.69, 9.17) is 4.74 Å². The summed E-state index contributed by atoms with van der Waals surface area (Å²) in [7, 11) is -3.45. The predicted octanol–water partition coefficient (Wildman–Crippen LogP) is 1.75. The first-order chi connectivity index (χ1) is 10.1. The zero-order chi connectivity index (χ0) is 15.1. The lowest BCUT2D eigenvalue weighted by Crippen LogP contribution is -2.33. The average molecular weight is 312 g/mol. The molecule has 1 atom stereocenters. The lowest BCUT2D eigenvalue weighted by Gasteiger charge is -2.22. The maximum atomic E-state index is 12.2. The third kappa shape index (κ3) is 4.98. The highest BCUT2D eigenvalue weighted by atomic mass is 32.2. The monoisotopic (exact) mass is 312 g/mol. The minimum atomic E-state index is -3.45. The summed E-state index contributed by atoms with van der Waals surface area (Å²) in [4.78, 5) is 0.259. The molecule has 0 amide bonds. The highest BCUT2D eigenvalue weighted by Gasteiger charge is 2.17. The first-order valence-corrected chi connectivity index (χ1v) is 9.03. The number of hydrogen-bond acceptors (Lipinski definition) is 4. The van der Waals surface area contributed by atoms with Crippen LogP contribution >= 0.6 is 0 Å².